The van der Waals surface area contributed by atoms with Gasteiger partial charge in [0.05, 0.1) is 12.6 Å². The van der Waals surface area contributed by atoms with Crippen LogP contribution in [0.2, 0.25) is 0 Å². The SMILES string of the molecule is CCOC(=O)C1C2NC(=S)N(c3ccc(CC)cc3)C1(C)Oc1ccccc12. The second-order valence-electron chi connectivity index (χ2n) is 7.21. The van der Waals surface area contributed by atoms with Crippen LogP contribution in [0.4, 0.5) is 5.69 Å². The first kappa shape index (κ1) is 18.7. The van der Waals surface area contributed by atoms with Gasteiger partial charge in [0.1, 0.15) is 11.7 Å². The molecule has 0 spiro atoms. The molecule has 2 aliphatic rings. The lowest BCUT2D eigenvalue weighted by Gasteiger charge is -2.55. The lowest BCUT2D eigenvalue weighted by Crippen LogP contribution is -2.71. The highest BCUT2D eigenvalue weighted by atomic mass is 32.1. The molecular weight excluding hydrogens is 372 g/mol. The number of hydrogen-bond acceptors (Lipinski definition) is 4. The zero-order valence-electron chi connectivity index (χ0n) is 16.3. The first-order valence-electron chi connectivity index (χ1n) is 9.63. The van der Waals surface area contributed by atoms with Gasteiger partial charge in [-0.3, -0.25) is 9.69 Å². The van der Waals surface area contributed by atoms with Crippen LogP contribution in [0, 0.1) is 5.92 Å². The zero-order valence-corrected chi connectivity index (χ0v) is 17.1. The Morgan fingerprint density at radius 2 is 1.93 bits per heavy atom. The van der Waals surface area contributed by atoms with Crippen LogP contribution >= 0.6 is 12.2 Å². The maximum Gasteiger partial charge on any atom is 0.317 e. The van der Waals surface area contributed by atoms with Gasteiger partial charge >= 0.3 is 5.97 Å². The third kappa shape index (κ3) is 2.83. The Hall–Kier alpha value is -2.60. The van der Waals surface area contributed by atoms with Gasteiger partial charge in [-0.25, -0.2) is 0 Å². The Labute approximate surface area is 170 Å². The summed E-state index contributed by atoms with van der Waals surface area (Å²) in [7, 11) is 0. The second-order valence-corrected chi connectivity index (χ2v) is 7.59. The van der Waals surface area contributed by atoms with Crippen molar-refractivity contribution < 1.29 is 14.3 Å². The summed E-state index contributed by atoms with van der Waals surface area (Å²) in [6.45, 7) is 6.16. The number of carbonyl (C=O) groups is 1. The maximum absolute atomic E-state index is 13.0. The topological polar surface area (TPSA) is 50.8 Å². The van der Waals surface area contributed by atoms with Crippen LogP contribution in [-0.4, -0.2) is 23.4 Å². The number of benzene rings is 2. The molecule has 28 heavy (non-hydrogen) atoms. The van der Waals surface area contributed by atoms with E-state index in [1.165, 1.54) is 5.56 Å². The third-order valence-electron chi connectivity index (χ3n) is 5.55. The van der Waals surface area contributed by atoms with Crippen LogP contribution in [0.15, 0.2) is 48.5 Å². The van der Waals surface area contributed by atoms with Crippen LogP contribution in [0.5, 0.6) is 5.75 Å². The highest BCUT2D eigenvalue weighted by molar-refractivity contribution is 7.80. The van der Waals surface area contributed by atoms with Crippen molar-refractivity contribution in [3.05, 3.63) is 59.7 Å². The van der Waals surface area contributed by atoms with Gasteiger partial charge in [0.2, 0.25) is 5.72 Å². The van der Waals surface area contributed by atoms with Gasteiger partial charge in [0.15, 0.2) is 5.11 Å². The minimum atomic E-state index is -0.999. The summed E-state index contributed by atoms with van der Waals surface area (Å²) < 4.78 is 11.9. The van der Waals surface area contributed by atoms with Gasteiger partial charge in [-0.15, -0.1) is 0 Å². The average Bonchev–Trinajstić information content (AvgIpc) is 2.68. The van der Waals surface area contributed by atoms with Gasteiger partial charge in [-0.2, -0.15) is 0 Å². The summed E-state index contributed by atoms with van der Waals surface area (Å²) in [5, 5.41) is 3.91. The Morgan fingerprint density at radius 1 is 1.21 bits per heavy atom. The number of anilines is 1. The van der Waals surface area contributed by atoms with Crippen molar-refractivity contribution in [1.82, 2.24) is 5.32 Å². The van der Waals surface area contributed by atoms with E-state index in [2.05, 4.69) is 24.4 Å². The van der Waals surface area contributed by atoms with Crippen molar-refractivity contribution in [1.29, 1.82) is 0 Å². The van der Waals surface area contributed by atoms with E-state index in [4.69, 9.17) is 21.7 Å². The minimum absolute atomic E-state index is 0.297. The van der Waals surface area contributed by atoms with E-state index in [-0.39, 0.29) is 12.0 Å². The van der Waals surface area contributed by atoms with E-state index < -0.39 is 11.6 Å². The number of aryl methyl sites for hydroxylation is 1. The maximum atomic E-state index is 13.0. The molecule has 0 amide bonds. The molecule has 6 heteroatoms. The van der Waals surface area contributed by atoms with Crippen LogP contribution in [-0.2, 0) is 16.0 Å². The Balaban J connectivity index is 1.85. The van der Waals surface area contributed by atoms with E-state index in [9.17, 15) is 4.79 Å². The summed E-state index contributed by atoms with van der Waals surface area (Å²) in [6, 6.07) is 15.6. The Morgan fingerprint density at radius 3 is 2.61 bits per heavy atom. The number of rotatable bonds is 4. The number of fused-ring (bicyclic) bond motifs is 4. The molecule has 1 saturated heterocycles. The van der Waals surface area contributed by atoms with Gasteiger partial charge in [0.25, 0.3) is 0 Å². The molecule has 2 aliphatic heterocycles. The molecule has 0 aromatic heterocycles. The molecule has 0 radical (unpaired) electrons. The number of nitrogens with one attached hydrogen (secondary N) is 1. The van der Waals surface area contributed by atoms with Crippen molar-refractivity contribution >= 4 is 29.0 Å². The number of thiocarbonyl (C=S) groups is 1. The molecule has 3 atom stereocenters. The summed E-state index contributed by atoms with van der Waals surface area (Å²) in [5.41, 5.74) is 2.03. The summed E-state index contributed by atoms with van der Waals surface area (Å²) >= 11 is 5.71. The summed E-state index contributed by atoms with van der Waals surface area (Å²) in [5.74, 6) is -0.115. The second kappa shape index (κ2) is 7.09. The van der Waals surface area contributed by atoms with Crippen molar-refractivity contribution in [2.45, 2.75) is 39.0 Å². The molecule has 2 aromatic carbocycles. The molecule has 4 rings (SSSR count). The van der Waals surface area contributed by atoms with Gasteiger partial charge < -0.3 is 14.8 Å². The number of carbonyl (C=O) groups excluding carboxylic acids is 1. The highest BCUT2D eigenvalue weighted by Crippen LogP contribution is 2.49. The van der Waals surface area contributed by atoms with Crippen molar-refractivity contribution in [2.75, 3.05) is 11.5 Å². The predicted octanol–water partition coefficient (Wildman–Crippen LogP) is 3.97. The molecule has 146 valence electrons. The third-order valence-corrected chi connectivity index (χ3v) is 5.85. The number of para-hydroxylation sites is 1. The first-order chi connectivity index (χ1) is 13.5. The quantitative estimate of drug-likeness (QED) is 0.623. The molecule has 1 fully saturated rings. The molecule has 2 heterocycles. The number of esters is 1. The number of hydrogen-bond donors (Lipinski definition) is 1. The molecule has 2 aromatic rings. The van der Waals surface area contributed by atoms with Gasteiger partial charge in [-0.1, -0.05) is 37.3 Å². The van der Waals surface area contributed by atoms with Crippen LogP contribution in [0.25, 0.3) is 0 Å². The smallest absolute Gasteiger partial charge is 0.317 e. The standard InChI is InChI=1S/C22H24N2O3S/c1-4-14-10-12-15(13-11-14)24-21(28)23-19-16-8-6-7-9-17(16)27-22(24,3)18(19)20(25)26-5-2/h6-13,18-19H,4-5H2,1-3H3,(H,23,28). The zero-order chi connectivity index (χ0) is 19.9. The highest BCUT2D eigenvalue weighted by Gasteiger charge is 2.59. The van der Waals surface area contributed by atoms with Crippen LogP contribution in [0.3, 0.4) is 0 Å². The molecule has 1 N–H and O–H groups in total. The fourth-order valence-corrected chi connectivity index (χ4v) is 4.61. The van der Waals surface area contributed by atoms with Crippen molar-refractivity contribution in [3.63, 3.8) is 0 Å². The molecular formula is C22H24N2O3S. The average molecular weight is 397 g/mol. The molecule has 0 saturated carbocycles. The van der Waals surface area contributed by atoms with E-state index in [1.54, 1.807) is 0 Å². The van der Waals surface area contributed by atoms with Gasteiger partial charge in [-0.05, 0) is 56.2 Å². The van der Waals surface area contributed by atoms with Crippen molar-refractivity contribution in [2.24, 2.45) is 5.92 Å². The Bertz CT molecular complexity index is 914. The largest absolute Gasteiger partial charge is 0.466 e. The molecule has 2 bridgehead atoms. The normalized spacial score (nSPS) is 25.4. The first-order valence-corrected chi connectivity index (χ1v) is 10.0. The van der Waals surface area contributed by atoms with Crippen LogP contribution < -0.4 is 15.0 Å². The monoisotopic (exact) mass is 396 g/mol. The van der Waals surface area contributed by atoms with Crippen LogP contribution in [0.1, 0.15) is 37.9 Å². The fourth-order valence-electron chi connectivity index (χ4n) is 4.19. The summed E-state index contributed by atoms with van der Waals surface area (Å²) in [6.07, 6.45) is 0.956. The lowest BCUT2D eigenvalue weighted by atomic mass is 9.79. The minimum Gasteiger partial charge on any atom is -0.466 e. The van der Waals surface area contributed by atoms with E-state index in [0.717, 1.165) is 23.4 Å². The Kier molecular flexibility index (Phi) is 4.75. The summed E-state index contributed by atoms with van der Waals surface area (Å²) in [4.78, 5) is 14.9. The molecule has 3 unspecified atom stereocenters. The number of ether oxygens (including phenoxy) is 2. The lowest BCUT2D eigenvalue weighted by molar-refractivity contribution is -0.159. The van der Waals surface area contributed by atoms with Gasteiger partial charge in [0, 0.05) is 11.3 Å². The molecule has 0 aliphatic carbocycles. The van der Waals surface area contributed by atoms with E-state index >= 15 is 0 Å². The number of nitrogens with zero attached hydrogens (tertiary/aromatic N) is 1. The fraction of sp³-hybridized carbons (Fsp3) is 0.364. The van der Waals surface area contributed by atoms with E-state index in [1.807, 2.05) is 55.1 Å². The molecule has 5 nitrogen and oxygen atoms in total. The van der Waals surface area contributed by atoms with Crippen molar-refractivity contribution in [3.8, 4) is 5.75 Å². The van der Waals surface area contributed by atoms with E-state index in [0.29, 0.717) is 11.7 Å². The predicted molar refractivity (Wildman–Crippen MR) is 112 cm³/mol.